The second kappa shape index (κ2) is 8.09. The maximum atomic E-state index is 12.5. The van der Waals surface area contributed by atoms with E-state index in [1.165, 1.54) is 22.1 Å². The number of nitrogens with one attached hydrogen (secondary N) is 1. The average molecular weight is 406 g/mol. The lowest BCUT2D eigenvalue weighted by atomic mass is 9.88. The molecule has 1 amide bonds. The van der Waals surface area contributed by atoms with E-state index in [1.54, 1.807) is 13.8 Å². The quantitative estimate of drug-likeness (QED) is 0.448. The SMILES string of the molecule is CCOC(=O)c1c(NC(=O)Cn2nc([N+](=O)[O-])cc2C)sc2c1CC[C@H](C)C2. The number of thiophene rings is 1. The number of aromatic nitrogens is 2. The number of hydrogen-bond donors (Lipinski definition) is 1. The van der Waals surface area contributed by atoms with Crippen molar-refractivity contribution < 1.29 is 19.2 Å². The number of hydrogen-bond acceptors (Lipinski definition) is 7. The van der Waals surface area contributed by atoms with Gasteiger partial charge in [0.05, 0.1) is 29.0 Å². The summed E-state index contributed by atoms with van der Waals surface area (Å²) in [4.78, 5) is 36.4. The van der Waals surface area contributed by atoms with Crippen LogP contribution in [-0.2, 0) is 28.9 Å². The highest BCUT2D eigenvalue weighted by molar-refractivity contribution is 7.17. The van der Waals surface area contributed by atoms with Gasteiger partial charge in [0, 0.05) is 4.88 Å². The Morgan fingerprint density at radius 1 is 1.50 bits per heavy atom. The standard InChI is InChI=1S/C18H22N4O5S/c1-4-27-18(24)16-12-6-5-10(2)7-13(12)28-17(16)19-15(23)9-21-11(3)8-14(20-21)22(25)26/h8,10H,4-7,9H2,1-3H3,(H,19,23)/t10-/m0/s1. The van der Waals surface area contributed by atoms with Crippen molar-refractivity contribution in [1.82, 2.24) is 9.78 Å². The fourth-order valence-electron chi connectivity index (χ4n) is 3.30. The number of ether oxygens (including phenoxy) is 1. The van der Waals surface area contributed by atoms with E-state index in [-0.39, 0.29) is 19.0 Å². The Bertz CT molecular complexity index is 933. The van der Waals surface area contributed by atoms with Crippen molar-refractivity contribution in [2.45, 2.75) is 46.6 Å². The molecule has 0 fully saturated rings. The molecular formula is C18H22N4O5S. The third-order valence-electron chi connectivity index (χ3n) is 4.69. The predicted molar refractivity (Wildman–Crippen MR) is 104 cm³/mol. The molecule has 0 saturated heterocycles. The summed E-state index contributed by atoms with van der Waals surface area (Å²) in [5.41, 5.74) is 1.90. The second-order valence-electron chi connectivity index (χ2n) is 6.88. The van der Waals surface area contributed by atoms with Gasteiger partial charge >= 0.3 is 11.8 Å². The molecule has 150 valence electrons. The van der Waals surface area contributed by atoms with E-state index in [0.29, 0.717) is 22.2 Å². The van der Waals surface area contributed by atoms with Gasteiger partial charge in [-0.2, -0.15) is 4.68 Å². The Balaban J connectivity index is 1.84. The van der Waals surface area contributed by atoms with Gasteiger partial charge in [-0.05, 0) is 49.5 Å². The zero-order valence-corrected chi connectivity index (χ0v) is 16.8. The first-order valence-electron chi connectivity index (χ1n) is 9.10. The highest BCUT2D eigenvalue weighted by Crippen LogP contribution is 2.40. The van der Waals surface area contributed by atoms with Crippen molar-refractivity contribution >= 4 is 34.0 Å². The Morgan fingerprint density at radius 2 is 2.25 bits per heavy atom. The van der Waals surface area contributed by atoms with Crippen LogP contribution in [0.2, 0.25) is 0 Å². The van der Waals surface area contributed by atoms with Crippen LogP contribution >= 0.6 is 11.3 Å². The van der Waals surface area contributed by atoms with Crippen molar-refractivity contribution in [3.05, 3.63) is 37.9 Å². The van der Waals surface area contributed by atoms with Crippen molar-refractivity contribution in [1.29, 1.82) is 0 Å². The number of anilines is 1. The third-order valence-corrected chi connectivity index (χ3v) is 5.86. The first kappa shape index (κ1) is 20.0. The van der Waals surface area contributed by atoms with Crippen molar-refractivity contribution in [3.8, 4) is 0 Å². The summed E-state index contributed by atoms with van der Waals surface area (Å²) in [5.74, 6) is -0.621. The Labute approximate surface area is 165 Å². The van der Waals surface area contributed by atoms with E-state index in [1.807, 2.05) is 0 Å². The summed E-state index contributed by atoms with van der Waals surface area (Å²) in [7, 11) is 0. The third kappa shape index (κ3) is 4.06. The summed E-state index contributed by atoms with van der Waals surface area (Å²) in [6, 6.07) is 1.31. The molecule has 0 spiro atoms. The molecule has 28 heavy (non-hydrogen) atoms. The van der Waals surface area contributed by atoms with E-state index < -0.39 is 16.8 Å². The predicted octanol–water partition coefficient (Wildman–Crippen LogP) is 3.10. The zero-order chi connectivity index (χ0) is 20.4. The lowest BCUT2D eigenvalue weighted by Crippen LogP contribution is -2.21. The van der Waals surface area contributed by atoms with E-state index in [0.717, 1.165) is 29.7 Å². The number of nitrogens with zero attached hydrogens (tertiary/aromatic N) is 3. The number of nitro groups is 1. The molecule has 0 aliphatic heterocycles. The molecule has 3 rings (SSSR count). The van der Waals surface area contributed by atoms with E-state index >= 15 is 0 Å². The van der Waals surface area contributed by atoms with Crippen LogP contribution in [0.25, 0.3) is 0 Å². The summed E-state index contributed by atoms with van der Waals surface area (Å²) >= 11 is 1.40. The van der Waals surface area contributed by atoms with Crippen LogP contribution in [0, 0.1) is 23.0 Å². The molecule has 2 heterocycles. The normalized spacial score (nSPS) is 15.8. The number of carbonyl (C=O) groups excluding carboxylic acids is 2. The summed E-state index contributed by atoms with van der Waals surface area (Å²) < 4.78 is 6.46. The molecule has 1 atom stereocenters. The van der Waals surface area contributed by atoms with Gasteiger partial charge in [-0.25, -0.2) is 4.79 Å². The van der Waals surface area contributed by atoms with Crippen LogP contribution in [0.4, 0.5) is 10.8 Å². The molecule has 1 aliphatic rings. The molecular weight excluding hydrogens is 384 g/mol. The molecule has 2 aromatic heterocycles. The fourth-order valence-corrected chi connectivity index (χ4v) is 4.72. The number of rotatable bonds is 6. The van der Waals surface area contributed by atoms with Gasteiger partial charge in [0.1, 0.15) is 11.5 Å². The number of fused-ring (bicyclic) bond motifs is 1. The highest BCUT2D eigenvalue weighted by Gasteiger charge is 2.29. The first-order chi connectivity index (χ1) is 13.3. The van der Waals surface area contributed by atoms with Crippen LogP contribution in [0.15, 0.2) is 6.07 Å². The summed E-state index contributed by atoms with van der Waals surface area (Å²) in [6.07, 6.45) is 2.63. The number of amides is 1. The molecule has 1 aliphatic carbocycles. The van der Waals surface area contributed by atoms with Crippen molar-refractivity contribution in [2.75, 3.05) is 11.9 Å². The van der Waals surface area contributed by atoms with Gasteiger partial charge in [0.15, 0.2) is 0 Å². The molecule has 0 saturated carbocycles. The number of carbonyl (C=O) groups is 2. The molecule has 9 nitrogen and oxygen atoms in total. The van der Waals surface area contributed by atoms with E-state index in [9.17, 15) is 19.7 Å². The number of esters is 1. The lowest BCUT2D eigenvalue weighted by Gasteiger charge is -2.18. The maximum absolute atomic E-state index is 12.5. The molecule has 0 bridgehead atoms. The lowest BCUT2D eigenvalue weighted by molar-refractivity contribution is -0.389. The molecule has 0 aromatic carbocycles. The van der Waals surface area contributed by atoms with Crippen LogP contribution in [-0.4, -0.2) is 33.2 Å². The molecule has 0 unspecified atom stereocenters. The van der Waals surface area contributed by atoms with Gasteiger partial charge in [-0.3, -0.25) is 4.79 Å². The average Bonchev–Trinajstić information content (AvgIpc) is 3.15. The minimum Gasteiger partial charge on any atom is -0.462 e. The highest BCUT2D eigenvalue weighted by atomic mass is 32.1. The maximum Gasteiger partial charge on any atom is 0.390 e. The fraction of sp³-hybridized carbons (Fsp3) is 0.500. The van der Waals surface area contributed by atoms with Gasteiger partial charge in [-0.15, -0.1) is 11.3 Å². The van der Waals surface area contributed by atoms with Crippen LogP contribution in [0.1, 0.15) is 46.8 Å². The monoisotopic (exact) mass is 406 g/mol. The topological polar surface area (TPSA) is 116 Å². The minimum atomic E-state index is -0.602. The first-order valence-corrected chi connectivity index (χ1v) is 9.92. The zero-order valence-electron chi connectivity index (χ0n) is 16.0. The van der Waals surface area contributed by atoms with Gasteiger partial charge in [0.2, 0.25) is 5.91 Å². The number of aryl methyl sites for hydroxylation is 1. The Kier molecular flexibility index (Phi) is 5.78. The molecule has 10 heteroatoms. The smallest absolute Gasteiger partial charge is 0.390 e. The van der Waals surface area contributed by atoms with Gasteiger partial charge in [-0.1, -0.05) is 6.92 Å². The summed E-state index contributed by atoms with van der Waals surface area (Å²) in [6.45, 7) is 5.62. The van der Waals surface area contributed by atoms with E-state index in [4.69, 9.17) is 4.74 Å². The van der Waals surface area contributed by atoms with Crippen LogP contribution < -0.4 is 5.32 Å². The molecule has 1 N–H and O–H groups in total. The second-order valence-corrected chi connectivity index (χ2v) is 7.99. The Morgan fingerprint density at radius 3 is 2.89 bits per heavy atom. The molecule has 0 radical (unpaired) electrons. The van der Waals surface area contributed by atoms with Crippen LogP contribution in [0.3, 0.4) is 0 Å². The van der Waals surface area contributed by atoms with Crippen LogP contribution in [0.5, 0.6) is 0 Å². The summed E-state index contributed by atoms with van der Waals surface area (Å²) in [5, 5.41) is 17.9. The molecule has 2 aromatic rings. The minimum absolute atomic E-state index is 0.180. The van der Waals surface area contributed by atoms with Gasteiger partial charge < -0.3 is 20.2 Å². The largest absolute Gasteiger partial charge is 0.462 e. The van der Waals surface area contributed by atoms with Crippen molar-refractivity contribution in [3.63, 3.8) is 0 Å². The van der Waals surface area contributed by atoms with Crippen molar-refractivity contribution in [2.24, 2.45) is 5.92 Å². The van der Waals surface area contributed by atoms with E-state index in [2.05, 4.69) is 17.3 Å². The van der Waals surface area contributed by atoms with Gasteiger partial charge in [0.25, 0.3) is 0 Å². The Hall–Kier alpha value is -2.75.